The summed E-state index contributed by atoms with van der Waals surface area (Å²) in [6.07, 6.45) is 2.53. The Balaban J connectivity index is 1.64. The Morgan fingerprint density at radius 2 is 1.72 bits per heavy atom. The average Bonchev–Trinajstić information content (AvgIpc) is 3.27. The van der Waals surface area contributed by atoms with Crippen LogP contribution in [-0.4, -0.2) is 23.2 Å². The number of hydrogen-bond acceptors (Lipinski definition) is 4. The van der Waals surface area contributed by atoms with Crippen LogP contribution >= 0.6 is 11.3 Å². The third-order valence-electron chi connectivity index (χ3n) is 4.59. The highest BCUT2D eigenvalue weighted by Crippen LogP contribution is 2.37. The van der Waals surface area contributed by atoms with E-state index in [0.29, 0.717) is 0 Å². The van der Waals surface area contributed by atoms with Gasteiger partial charge in [0.2, 0.25) is 0 Å². The highest BCUT2D eigenvalue weighted by molar-refractivity contribution is 7.18. The Morgan fingerprint density at radius 1 is 1.04 bits per heavy atom. The highest BCUT2D eigenvalue weighted by Gasteiger charge is 2.15. The lowest BCUT2D eigenvalue weighted by molar-refractivity contribution is 0.432. The maximum absolute atomic E-state index is 13.6. The topological polar surface area (TPSA) is 36.4 Å². The number of rotatable bonds is 3. The lowest BCUT2D eigenvalue weighted by atomic mass is 10.1. The minimum Gasteiger partial charge on any atom is -0.505 e. The van der Waals surface area contributed by atoms with E-state index < -0.39 is 5.82 Å². The lowest BCUT2D eigenvalue weighted by Crippen LogP contribution is -2.17. The van der Waals surface area contributed by atoms with Crippen molar-refractivity contribution in [3.63, 3.8) is 0 Å². The molecule has 5 heteroatoms. The van der Waals surface area contributed by atoms with Gasteiger partial charge in [-0.15, -0.1) is 11.3 Å². The summed E-state index contributed by atoms with van der Waals surface area (Å²) >= 11 is 1.55. The maximum atomic E-state index is 13.6. The van der Waals surface area contributed by atoms with Crippen molar-refractivity contribution in [1.29, 1.82) is 0 Å². The zero-order chi connectivity index (χ0) is 17.4. The zero-order valence-electron chi connectivity index (χ0n) is 14.0. The summed E-state index contributed by atoms with van der Waals surface area (Å²) in [6, 6.07) is 13.0. The van der Waals surface area contributed by atoms with E-state index in [2.05, 4.69) is 34.1 Å². The largest absolute Gasteiger partial charge is 0.505 e. The fourth-order valence-corrected chi connectivity index (χ4v) is 4.29. The number of phenols is 1. The molecule has 0 aliphatic carbocycles. The number of phenolic OH excluding ortho intramolecular Hbond substituents is 1. The molecular formula is C20H19FN2OS. The first-order chi connectivity index (χ1) is 12.1. The molecule has 3 aromatic rings. The minimum absolute atomic E-state index is 0.330. The predicted molar refractivity (Wildman–Crippen MR) is 101 cm³/mol. The second kappa shape index (κ2) is 6.48. The van der Waals surface area contributed by atoms with Gasteiger partial charge in [-0.2, -0.15) is 0 Å². The SMILES string of the molecule is Cc1nc(-c2ccc(N3CCCC3)cc2)sc1-c1ccc(O)c(F)c1. The van der Waals surface area contributed by atoms with Crippen LogP contribution in [0, 0.1) is 12.7 Å². The Labute approximate surface area is 150 Å². The number of nitrogens with zero attached hydrogens (tertiary/aromatic N) is 2. The van der Waals surface area contributed by atoms with Crippen LogP contribution in [0.1, 0.15) is 18.5 Å². The van der Waals surface area contributed by atoms with Crippen LogP contribution in [0.5, 0.6) is 5.75 Å². The number of thiazole rings is 1. The fraction of sp³-hybridized carbons (Fsp3) is 0.250. The molecule has 1 aliphatic heterocycles. The average molecular weight is 354 g/mol. The lowest BCUT2D eigenvalue weighted by Gasteiger charge is -2.17. The molecule has 0 bridgehead atoms. The number of hydrogen-bond donors (Lipinski definition) is 1. The van der Waals surface area contributed by atoms with Crippen molar-refractivity contribution >= 4 is 17.0 Å². The molecule has 2 aromatic carbocycles. The van der Waals surface area contributed by atoms with E-state index in [1.165, 1.54) is 30.7 Å². The number of aromatic nitrogens is 1. The molecule has 1 aliphatic rings. The predicted octanol–water partition coefficient (Wildman–Crippen LogP) is 5.23. The Kier molecular flexibility index (Phi) is 4.17. The first-order valence-corrected chi connectivity index (χ1v) is 9.25. The monoisotopic (exact) mass is 354 g/mol. The summed E-state index contributed by atoms with van der Waals surface area (Å²) < 4.78 is 13.6. The van der Waals surface area contributed by atoms with E-state index in [9.17, 15) is 9.50 Å². The van der Waals surface area contributed by atoms with Gasteiger partial charge in [-0.3, -0.25) is 0 Å². The molecule has 25 heavy (non-hydrogen) atoms. The van der Waals surface area contributed by atoms with Gasteiger partial charge in [-0.05, 0) is 67.8 Å². The van der Waals surface area contributed by atoms with Crippen LogP contribution < -0.4 is 4.90 Å². The summed E-state index contributed by atoms with van der Waals surface area (Å²) in [6.45, 7) is 4.19. The van der Waals surface area contributed by atoms with E-state index >= 15 is 0 Å². The van der Waals surface area contributed by atoms with Gasteiger partial charge < -0.3 is 10.0 Å². The van der Waals surface area contributed by atoms with Crippen molar-refractivity contribution in [3.8, 4) is 26.8 Å². The maximum Gasteiger partial charge on any atom is 0.165 e. The van der Waals surface area contributed by atoms with E-state index in [4.69, 9.17) is 0 Å². The number of aromatic hydroxyl groups is 1. The van der Waals surface area contributed by atoms with Crippen LogP contribution in [0.4, 0.5) is 10.1 Å². The summed E-state index contributed by atoms with van der Waals surface area (Å²) in [5, 5.41) is 10.3. The molecule has 0 radical (unpaired) electrons. The number of anilines is 1. The van der Waals surface area contributed by atoms with Crippen molar-refractivity contribution in [2.45, 2.75) is 19.8 Å². The minimum atomic E-state index is -0.609. The molecular weight excluding hydrogens is 335 g/mol. The van der Waals surface area contributed by atoms with E-state index in [-0.39, 0.29) is 5.75 Å². The molecule has 0 unspecified atom stereocenters. The Hall–Kier alpha value is -2.40. The summed E-state index contributed by atoms with van der Waals surface area (Å²) in [4.78, 5) is 7.99. The quantitative estimate of drug-likeness (QED) is 0.699. The van der Waals surface area contributed by atoms with E-state index in [1.807, 2.05) is 6.92 Å². The first kappa shape index (κ1) is 16.1. The molecule has 0 spiro atoms. The Bertz CT molecular complexity index is 899. The van der Waals surface area contributed by atoms with Crippen LogP contribution in [0.15, 0.2) is 42.5 Å². The van der Waals surface area contributed by atoms with Gasteiger partial charge in [0, 0.05) is 24.3 Å². The third kappa shape index (κ3) is 3.12. The molecule has 1 N–H and O–H groups in total. The van der Waals surface area contributed by atoms with Gasteiger partial charge in [0.05, 0.1) is 10.6 Å². The smallest absolute Gasteiger partial charge is 0.165 e. The summed E-state index contributed by atoms with van der Waals surface area (Å²) in [5.41, 5.74) is 3.94. The number of benzene rings is 2. The van der Waals surface area contributed by atoms with Gasteiger partial charge in [0.25, 0.3) is 0 Å². The summed E-state index contributed by atoms with van der Waals surface area (Å²) in [7, 11) is 0. The molecule has 4 rings (SSSR count). The molecule has 0 atom stereocenters. The van der Waals surface area contributed by atoms with Crippen LogP contribution in [-0.2, 0) is 0 Å². The number of halogens is 1. The van der Waals surface area contributed by atoms with Crippen molar-refractivity contribution in [3.05, 3.63) is 54.0 Å². The Morgan fingerprint density at radius 3 is 2.40 bits per heavy atom. The van der Waals surface area contributed by atoms with Crippen LogP contribution in [0.2, 0.25) is 0 Å². The number of aryl methyl sites for hydroxylation is 1. The first-order valence-electron chi connectivity index (χ1n) is 8.43. The molecule has 1 aromatic heterocycles. The fourth-order valence-electron chi connectivity index (χ4n) is 3.23. The van der Waals surface area contributed by atoms with Gasteiger partial charge in [0.15, 0.2) is 11.6 Å². The second-order valence-electron chi connectivity index (χ2n) is 6.34. The standard InChI is InChI=1S/C20H19FN2OS/c1-13-19(15-6-9-18(24)17(21)12-15)25-20(22-13)14-4-7-16(8-5-14)23-10-2-3-11-23/h4-9,12,24H,2-3,10-11H2,1H3. The molecule has 128 valence electrons. The molecule has 1 saturated heterocycles. The third-order valence-corrected chi connectivity index (χ3v) is 5.85. The highest BCUT2D eigenvalue weighted by atomic mass is 32.1. The molecule has 1 fully saturated rings. The summed E-state index contributed by atoms with van der Waals surface area (Å²) in [5.74, 6) is -0.939. The molecule has 3 nitrogen and oxygen atoms in total. The van der Waals surface area contributed by atoms with Crippen molar-refractivity contribution in [2.24, 2.45) is 0 Å². The van der Waals surface area contributed by atoms with E-state index in [1.54, 1.807) is 17.4 Å². The van der Waals surface area contributed by atoms with Gasteiger partial charge >= 0.3 is 0 Å². The molecule has 0 saturated carbocycles. The van der Waals surface area contributed by atoms with Crippen LogP contribution in [0.3, 0.4) is 0 Å². The van der Waals surface area contributed by atoms with Gasteiger partial charge in [-0.25, -0.2) is 9.37 Å². The molecule has 0 amide bonds. The van der Waals surface area contributed by atoms with Crippen molar-refractivity contribution < 1.29 is 9.50 Å². The molecule has 2 heterocycles. The normalized spacial score (nSPS) is 14.2. The van der Waals surface area contributed by atoms with Gasteiger partial charge in [0.1, 0.15) is 5.01 Å². The zero-order valence-corrected chi connectivity index (χ0v) is 14.8. The van der Waals surface area contributed by atoms with Crippen molar-refractivity contribution in [2.75, 3.05) is 18.0 Å². The van der Waals surface area contributed by atoms with Crippen molar-refractivity contribution in [1.82, 2.24) is 4.98 Å². The van der Waals surface area contributed by atoms with Crippen LogP contribution in [0.25, 0.3) is 21.0 Å². The second-order valence-corrected chi connectivity index (χ2v) is 7.34. The van der Waals surface area contributed by atoms with Gasteiger partial charge in [-0.1, -0.05) is 0 Å². The van der Waals surface area contributed by atoms with E-state index in [0.717, 1.165) is 39.8 Å².